The molecule has 1 aromatic heterocycles. The van der Waals surface area contributed by atoms with E-state index in [0.29, 0.717) is 10.7 Å². The minimum atomic E-state index is -0.442. The van der Waals surface area contributed by atoms with Crippen molar-refractivity contribution in [1.82, 2.24) is 25.0 Å². The van der Waals surface area contributed by atoms with E-state index in [4.69, 9.17) is 28.9 Å². The second-order valence-corrected chi connectivity index (χ2v) is 7.76. The van der Waals surface area contributed by atoms with Gasteiger partial charge in [0.25, 0.3) is 5.91 Å². The van der Waals surface area contributed by atoms with Crippen molar-refractivity contribution < 1.29 is 14.4 Å². The van der Waals surface area contributed by atoms with Crippen LogP contribution in [0.25, 0.3) is 5.69 Å². The van der Waals surface area contributed by atoms with Gasteiger partial charge in [-0.1, -0.05) is 35.3 Å². The van der Waals surface area contributed by atoms with E-state index in [0.717, 1.165) is 0 Å². The number of nitrogens with one attached hydrogen (secondary N) is 1. The number of benzene rings is 2. The number of carbonyl (C=O) groups excluding carboxylic acids is 3. The average molecular weight is 475 g/mol. The highest BCUT2D eigenvalue weighted by Gasteiger charge is 2.24. The van der Waals surface area contributed by atoms with Crippen LogP contribution in [0.1, 0.15) is 32.4 Å². The highest BCUT2D eigenvalue weighted by Crippen LogP contribution is 2.26. The van der Waals surface area contributed by atoms with Crippen LogP contribution in [0.2, 0.25) is 10.0 Å². The van der Waals surface area contributed by atoms with Crippen LogP contribution in [0.4, 0.5) is 0 Å². The predicted molar refractivity (Wildman–Crippen MR) is 120 cm³/mol. The number of rotatable bonds is 7. The van der Waals surface area contributed by atoms with Crippen LogP contribution in [-0.2, 0) is 11.3 Å². The van der Waals surface area contributed by atoms with Gasteiger partial charge in [-0.2, -0.15) is 0 Å². The number of nitrogens with zero attached hydrogens (tertiary/aromatic N) is 4. The van der Waals surface area contributed by atoms with Gasteiger partial charge >= 0.3 is 0 Å². The minimum absolute atomic E-state index is 0.0634. The molecule has 32 heavy (non-hydrogen) atoms. The summed E-state index contributed by atoms with van der Waals surface area (Å²) in [4.78, 5) is 43.0. The minimum Gasteiger partial charge on any atom is -0.348 e. The molecule has 11 heteroatoms. The summed E-state index contributed by atoms with van der Waals surface area (Å²) in [5.41, 5.74) is 6.15. The Kier molecular flexibility index (Phi) is 7.24. The van der Waals surface area contributed by atoms with Crippen molar-refractivity contribution in [2.75, 3.05) is 20.6 Å². The first-order chi connectivity index (χ1) is 15.2. The molecular formula is C21H20Cl2N6O3. The molecule has 0 saturated carbocycles. The maximum atomic E-state index is 13.3. The fourth-order valence-electron chi connectivity index (χ4n) is 2.86. The molecule has 9 nitrogen and oxygen atoms in total. The smallest absolute Gasteiger partial charge is 0.293 e. The van der Waals surface area contributed by atoms with Gasteiger partial charge in [0.1, 0.15) is 0 Å². The van der Waals surface area contributed by atoms with E-state index >= 15 is 0 Å². The highest BCUT2D eigenvalue weighted by molar-refractivity contribution is 6.35. The molecule has 3 aromatic rings. The molecule has 1 heterocycles. The van der Waals surface area contributed by atoms with Gasteiger partial charge in [-0.05, 0) is 30.3 Å². The first-order valence-corrected chi connectivity index (χ1v) is 10.2. The summed E-state index contributed by atoms with van der Waals surface area (Å²) in [6.45, 7) is -0.277. The second-order valence-electron chi connectivity index (χ2n) is 6.91. The number of ketones is 1. The van der Waals surface area contributed by atoms with Gasteiger partial charge in [-0.3, -0.25) is 14.4 Å². The van der Waals surface area contributed by atoms with Crippen LogP contribution in [-0.4, -0.2) is 57.9 Å². The summed E-state index contributed by atoms with van der Waals surface area (Å²) < 4.78 is 1.33. The molecule has 3 N–H and O–H groups in total. The Morgan fingerprint density at radius 1 is 1.09 bits per heavy atom. The molecular weight excluding hydrogens is 455 g/mol. The van der Waals surface area contributed by atoms with Crippen molar-refractivity contribution in [3.8, 4) is 5.69 Å². The SMILES string of the molecule is CN(C)C(=O)c1nc(CNC(=O)CN)n(-c2ccc(Cl)cc2C(=O)c2ccccc2Cl)n1. The second kappa shape index (κ2) is 9.90. The van der Waals surface area contributed by atoms with Crippen LogP contribution in [0.3, 0.4) is 0 Å². The van der Waals surface area contributed by atoms with E-state index in [1.807, 2.05) is 0 Å². The third-order valence-electron chi connectivity index (χ3n) is 4.45. The zero-order valence-electron chi connectivity index (χ0n) is 17.3. The van der Waals surface area contributed by atoms with Gasteiger partial charge in [-0.15, -0.1) is 5.10 Å². The maximum Gasteiger partial charge on any atom is 0.293 e. The number of nitrogens with two attached hydrogens (primary N) is 1. The van der Waals surface area contributed by atoms with Crippen molar-refractivity contribution >= 4 is 40.8 Å². The van der Waals surface area contributed by atoms with Crippen molar-refractivity contribution in [1.29, 1.82) is 0 Å². The summed E-state index contributed by atoms with van der Waals surface area (Å²) in [6.07, 6.45) is 0. The highest BCUT2D eigenvalue weighted by atomic mass is 35.5. The molecule has 166 valence electrons. The molecule has 0 bridgehead atoms. The summed E-state index contributed by atoms with van der Waals surface area (Å²) >= 11 is 12.4. The molecule has 0 radical (unpaired) electrons. The lowest BCUT2D eigenvalue weighted by Gasteiger charge is -2.13. The molecule has 0 aliphatic heterocycles. The Balaban J connectivity index is 2.16. The Labute approximate surface area is 194 Å². The maximum absolute atomic E-state index is 13.3. The Morgan fingerprint density at radius 2 is 1.81 bits per heavy atom. The van der Waals surface area contributed by atoms with Crippen LogP contribution in [0.5, 0.6) is 0 Å². The first-order valence-electron chi connectivity index (χ1n) is 9.46. The van der Waals surface area contributed by atoms with E-state index in [-0.39, 0.29) is 46.7 Å². The van der Waals surface area contributed by atoms with Crippen LogP contribution in [0.15, 0.2) is 42.5 Å². The number of carbonyl (C=O) groups is 3. The molecule has 0 fully saturated rings. The summed E-state index contributed by atoms with van der Waals surface area (Å²) in [7, 11) is 3.13. The van der Waals surface area contributed by atoms with Gasteiger partial charge in [0.15, 0.2) is 11.6 Å². The monoisotopic (exact) mass is 474 g/mol. The largest absolute Gasteiger partial charge is 0.348 e. The quantitative estimate of drug-likeness (QED) is 0.505. The molecule has 0 aliphatic carbocycles. The molecule has 0 spiro atoms. The summed E-state index contributed by atoms with van der Waals surface area (Å²) in [5.74, 6) is -1.11. The number of halogens is 2. The van der Waals surface area contributed by atoms with E-state index in [1.165, 1.54) is 15.6 Å². The molecule has 0 saturated heterocycles. The van der Waals surface area contributed by atoms with Gasteiger partial charge in [0.2, 0.25) is 11.7 Å². The molecule has 2 aromatic carbocycles. The van der Waals surface area contributed by atoms with Gasteiger partial charge in [0, 0.05) is 30.2 Å². The fourth-order valence-corrected chi connectivity index (χ4v) is 3.25. The van der Waals surface area contributed by atoms with Crippen molar-refractivity contribution in [2.45, 2.75) is 6.54 Å². The zero-order valence-corrected chi connectivity index (χ0v) is 18.8. The lowest BCUT2D eigenvalue weighted by molar-refractivity contribution is -0.119. The average Bonchev–Trinajstić information content (AvgIpc) is 3.20. The van der Waals surface area contributed by atoms with Crippen molar-refractivity contribution in [2.24, 2.45) is 5.73 Å². The Morgan fingerprint density at radius 3 is 2.47 bits per heavy atom. The van der Waals surface area contributed by atoms with Gasteiger partial charge < -0.3 is 16.0 Å². The number of hydrogen-bond donors (Lipinski definition) is 2. The number of aromatic nitrogens is 3. The fraction of sp³-hybridized carbons (Fsp3) is 0.190. The normalized spacial score (nSPS) is 10.7. The molecule has 0 unspecified atom stereocenters. The zero-order chi connectivity index (χ0) is 23.4. The standard InChI is InChI=1S/C21H20Cl2N6O3/c1-28(2)21(32)20-26-17(11-25-18(30)10-24)29(27-20)16-8-7-12(22)9-14(16)19(31)13-5-3-4-6-15(13)23/h3-9H,10-11,24H2,1-2H3,(H,25,30). The Hall–Kier alpha value is -3.27. The van der Waals surface area contributed by atoms with Crippen molar-refractivity contribution in [3.63, 3.8) is 0 Å². The third-order valence-corrected chi connectivity index (χ3v) is 5.02. The molecule has 3 rings (SSSR count). The van der Waals surface area contributed by atoms with E-state index in [1.54, 1.807) is 50.5 Å². The molecule has 0 aliphatic rings. The lowest BCUT2D eigenvalue weighted by atomic mass is 10.0. The van der Waals surface area contributed by atoms with Gasteiger partial charge in [0.05, 0.1) is 23.8 Å². The van der Waals surface area contributed by atoms with E-state index < -0.39 is 11.8 Å². The van der Waals surface area contributed by atoms with Crippen molar-refractivity contribution in [3.05, 3.63) is 75.3 Å². The third kappa shape index (κ3) is 4.96. The Bertz CT molecular complexity index is 1190. The van der Waals surface area contributed by atoms with Crippen LogP contribution < -0.4 is 11.1 Å². The number of hydrogen-bond acceptors (Lipinski definition) is 6. The van der Waals surface area contributed by atoms with Crippen LogP contribution in [0, 0.1) is 0 Å². The molecule has 0 atom stereocenters. The lowest BCUT2D eigenvalue weighted by Crippen LogP contribution is -2.30. The molecule has 2 amide bonds. The van der Waals surface area contributed by atoms with Gasteiger partial charge in [-0.25, -0.2) is 9.67 Å². The summed E-state index contributed by atoms with van der Waals surface area (Å²) in [5, 5.41) is 7.50. The summed E-state index contributed by atoms with van der Waals surface area (Å²) in [6, 6.07) is 11.3. The topological polar surface area (TPSA) is 123 Å². The predicted octanol–water partition coefficient (Wildman–Crippen LogP) is 2.08. The van der Waals surface area contributed by atoms with E-state index in [2.05, 4.69) is 15.4 Å². The first kappa shape index (κ1) is 23.4. The van der Waals surface area contributed by atoms with E-state index in [9.17, 15) is 14.4 Å². The van der Waals surface area contributed by atoms with Crippen LogP contribution >= 0.6 is 23.2 Å². The number of amides is 2.